The van der Waals surface area contributed by atoms with Crippen LogP contribution >= 0.6 is 0 Å². The first kappa shape index (κ1) is 31.6. The zero-order chi connectivity index (χ0) is 36.7. The van der Waals surface area contributed by atoms with Gasteiger partial charge in [-0.15, -0.1) is 0 Å². The van der Waals surface area contributed by atoms with Crippen LogP contribution in [-0.2, 0) is 23.7 Å². The topological polar surface area (TPSA) is 8.82 Å². The zero-order valence-corrected chi connectivity index (χ0v) is 32.0. The van der Waals surface area contributed by atoms with E-state index in [1.807, 2.05) is 0 Å². The van der Waals surface area contributed by atoms with Crippen LogP contribution in [0.15, 0.2) is 133 Å². The molecule has 0 bridgehead atoms. The maximum Gasteiger partial charge on any atom is 0.0634 e. The van der Waals surface area contributed by atoms with E-state index in [1.165, 1.54) is 110 Å². The van der Waals surface area contributed by atoms with E-state index in [1.54, 1.807) is 0 Å². The maximum absolute atomic E-state index is 2.58. The Morgan fingerprint density at radius 3 is 1.06 bits per heavy atom. The molecule has 0 amide bonds. The molecule has 0 spiro atoms. The minimum absolute atomic E-state index is 0.149. The standard InChI is InChI=1S/C52H44N2/c1-51(2,3)35-21-15-31(16-22-35)27-33-19-25-39-43(29-33)53-41-13-9-7-11-37(41)46-48-40-26-20-34(28-32-17-23-36(24-18-32)52(4,5)6)30-44(40)54-42-14-10-8-12-38(42)45(50(48)54)47(39)49(46)53/h7-26,29-30H,27-28H2,1-6H3. The van der Waals surface area contributed by atoms with E-state index in [0.29, 0.717) is 0 Å². The van der Waals surface area contributed by atoms with E-state index in [0.717, 1.165) is 12.8 Å². The average molecular weight is 697 g/mol. The summed E-state index contributed by atoms with van der Waals surface area (Å²) in [5, 5.41) is 10.8. The lowest BCUT2D eigenvalue weighted by atomic mass is 9.86. The highest BCUT2D eigenvalue weighted by Crippen LogP contribution is 2.51. The van der Waals surface area contributed by atoms with Crippen LogP contribution in [0.3, 0.4) is 0 Å². The normalized spacial score (nSPS) is 13.1. The molecule has 0 aliphatic rings. The van der Waals surface area contributed by atoms with Gasteiger partial charge in [0.2, 0.25) is 0 Å². The molecule has 262 valence electrons. The molecule has 0 fully saturated rings. The van der Waals surface area contributed by atoms with Gasteiger partial charge in [-0.2, -0.15) is 0 Å². The number of nitrogens with zero attached hydrogens (tertiary/aromatic N) is 2. The maximum atomic E-state index is 2.58. The summed E-state index contributed by atoms with van der Waals surface area (Å²) >= 11 is 0. The second-order valence-corrected chi connectivity index (χ2v) is 17.9. The molecular formula is C52H44N2. The lowest BCUT2D eigenvalue weighted by molar-refractivity contribution is 0.590. The van der Waals surface area contributed by atoms with Crippen LogP contribution in [0.25, 0.3) is 76.2 Å². The number of benzene rings is 7. The second kappa shape index (κ2) is 10.9. The van der Waals surface area contributed by atoms with Crippen LogP contribution in [0.5, 0.6) is 0 Å². The first-order valence-corrected chi connectivity index (χ1v) is 19.5. The smallest absolute Gasteiger partial charge is 0.0634 e. The number of fused-ring (bicyclic) bond motifs is 14. The van der Waals surface area contributed by atoms with Crippen LogP contribution in [0.1, 0.15) is 74.9 Å². The van der Waals surface area contributed by atoms with Crippen LogP contribution < -0.4 is 0 Å². The third-order valence-corrected chi connectivity index (χ3v) is 12.3. The number of hydrogen-bond acceptors (Lipinski definition) is 0. The molecule has 4 aromatic heterocycles. The van der Waals surface area contributed by atoms with Crippen molar-refractivity contribution in [3.8, 4) is 0 Å². The summed E-state index contributed by atoms with van der Waals surface area (Å²) in [7, 11) is 0. The summed E-state index contributed by atoms with van der Waals surface area (Å²) < 4.78 is 5.16. The first-order chi connectivity index (χ1) is 26.0. The van der Waals surface area contributed by atoms with Gasteiger partial charge in [-0.3, -0.25) is 0 Å². The van der Waals surface area contributed by atoms with Crippen molar-refractivity contribution in [3.05, 3.63) is 167 Å². The van der Waals surface area contributed by atoms with Crippen LogP contribution in [0.4, 0.5) is 0 Å². The SMILES string of the molecule is CC(C)(C)c1ccc(Cc2ccc3c4c5c6ccccc6n6c7cc(Cc8ccc(C(C)(C)C)cc8)ccc7c(c7c8ccccc8n(c3c2)c74)c56)cc1. The molecule has 7 aromatic carbocycles. The van der Waals surface area contributed by atoms with Crippen LogP contribution in [0.2, 0.25) is 0 Å². The van der Waals surface area contributed by atoms with E-state index in [2.05, 4.69) is 184 Å². The van der Waals surface area contributed by atoms with E-state index < -0.39 is 0 Å². The van der Waals surface area contributed by atoms with Crippen molar-refractivity contribution in [3.63, 3.8) is 0 Å². The van der Waals surface area contributed by atoms with Gasteiger partial charge in [0.05, 0.1) is 33.1 Å². The largest absolute Gasteiger partial charge is 0.308 e. The van der Waals surface area contributed by atoms with Crippen molar-refractivity contribution in [2.75, 3.05) is 0 Å². The fourth-order valence-electron chi connectivity index (χ4n) is 9.60. The molecule has 0 radical (unpaired) electrons. The fourth-order valence-corrected chi connectivity index (χ4v) is 9.60. The fraction of sp³-hybridized carbons (Fsp3) is 0.192. The molecule has 0 N–H and O–H groups in total. The van der Waals surface area contributed by atoms with Crippen molar-refractivity contribution < 1.29 is 0 Å². The average Bonchev–Trinajstić information content (AvgIpc) is 3.87. The molecule has 4 heterocycles. The molecule has 11 aromatic rings. The third kappa shape index (κ3) is 4.40. The molecule has 0 aliphatic heterocycles. The summed E-state index contributed by atoms with van der Waals surface area (Å²) in [6.07, 6.45) is 1.82. The number of rotatable bonds is 4. The Balaban J connectivity index is 1.18. The van der Waals surface area contributed by atoms with Gasteiger partial charge in [-0.05, 0) is 81.3 Å². The van der Waals surface area contributed by atoms with Crippen LogP contribution in [0, 0.1) is 0 Å². The third-order valence-electron chi connectivity index (χ3n) is 12.3. The van der Waals surface area contributed by atoms with Gasteiger partial charge in [0.25, 0.3) is 0 Å². The lowest BCUT2D eigenvalue weighted by Crippen LogP contribution is -2.10. The van der Waals surface area contributed by atoms with Crippen LogP contribution in [-0.4, -0.2) is 8.80 Å². The van der Waals surface area contributed by atoms with E-state index >= 15 is 0 Å². The molecule has 54 heavy (non-hydrogen) atoms. The molecule has 11 rings (SSSR count). The van der Waals surface area contributed by atoms with Crippen molar-refractivity contribution >= 4 is 76.2 Å². The molecule has 0 aliphatic carbocycles. The lowest BCUT2D eigenvalue weighted by Gasteiger charge is -2.19. The Kier molecular flexibility index (Phi) is 6.36. The molecule has 2 heteroatoms. The van der Waals surface area contributed by atoms with E-state index in [-0.39, 0.29) is 10.8 Å². The van der Waals surface area contributed by atoms with Crippen molar-refractivity contribution in [2.45, 2.75) is 65.2 Å². The quantitative estimate of drug-likeness (QED) is 0.173. The molecular weight excluding hydrogens is 653 g/mol. The van der Waals surface area contributed by atoms with Gasteiger partial charge in [-0.25, -0.2) is 0 Å². The molecule has 2 nitrogen and oxygen atoms in total. The van der Waals surface area contributed by atoms with Gasteiger partial charge in [0.15, 0.2) is 0 Å². The Hall–Kier alpha value is -5.86. The summed E-state index contributed by atoms with van der Waals surface area (Å²) in [5.41, 5.74) is 16.3. The monoisotopic (exact) mass is 696 g/mol. The summed E-state index contributed by atoms with van der Waals surface area (Å²) in [4.78, 5) is 0. The van der Waals surface area contributed by atoms with Gasteiger partial charge < -0.3 is 8.80 Å². The highest BCUT2D eigenvalue weighted by atomic mass is 14.9. The minimum atomic E-state index is 0.149. The van der Waals surface area contributed by atoms with Gasteiger partial charge in [0, 0.05) is 43.1 Å². The van der Waals surface area contributed by atoms with E-state index in [4.69, 9.17) is 0 Å². The summed E-state index contributed by atoms with van der Waals surface area (Å²) in [6.45, 7) is 13.7. The second-order valence-electron chi connectivity index (χ2n) is 17.9. The first-order valence-electron chi connectivity index (χ1n) is 19.5. The van der Waals surface area contributed by atoms with Gasteiger partial charge in [0.1, 0.15) is 0 Å². The molecule has 0 saturated heterocycles. The number of para-hydroxylation sites is 2. The summed E-state index contributed by atoms with van der Waals surface area (Å²) in [6, 6.07) is 51.1. The van der Waals surface area contributed by atoms with Crippen molar-refractivity contribution in [1.29, 1.82) is 0 Å². The Bertz CT molecular complexity index is 3020. The zero-order valence-electron chi connectivity index (χ0n) is 32.0. The van der Waals surface area contributed by atoms with E-state index in [9.17, 15) is 0 Å². The Morgan fingerprint density at radius 2 is 0.685 bits per heavy atom. The number of aromatic nitrogens is 2. The number of hydrogen-bond donors (Lipinski definition) is 0. The van der Waals surface area contributed by atoms with Gasteiger partial charge >= 0.3 is 0 Å². The predicted molar refractivity (Wildman–Crippen MR) is 232 cm³/mol. The highest BCUT2D eigenvalue weighted by Gasteiger charge is 2.28. The van der Waals surface area contributed by atoms with Crippen molar-refractivity contribution in [1.82, 2.24) is 8.80 Å². The van der Waals surface area contributed by atoms with Gasteiger partial charge in [-0.1, -0.05) is 151 Å². The molecule has 0 atom stereocenters. The Labute approximate surface area is 315 Å². The summed E-state index contributed by atoms with van der Waals surface area (Å²) in [5.74, 6) is 0. The minimum Gasteiger partial charge on any atom is -0.308 e. The predicted octanol–water partition coefficient (Wildman–Crippen LogP) is 13.8. The molecule has 0 unspecified atom stereocenters. The molecule has 0 saturated carbocycles. The van der Waals surface area contributed by atoms with Crippen molar-refractivity contribution in [2.24, 2.45) is 0 Å². The Morgan fingerprint density at radius 1 is 0.352 bits per heavy atom. The highest BCUT2D eigenvalue weighted by molar-refractivity contribution is 6.45.